The molecule has 1 unspecified atom stereocenters. The van der Waals surface area contributed by atoms with Crippen LogP contribution in [0, 0.1) is 5.82 Å². The first-order valence-corrected chi connectivity index (χ1v) is 9.13. The largest absolute Gasteiger partial charge is 0.494 e. The fraction of sp³-hybridized carbons (Fsp3) is 0.381. The maximum atomic E-state index is 12.8. The lowest BCUT2D eigenvalue weighted by molar-refractivity contribution is -0.121. The van der Waals surface area contributed by atoms with Gasteiger partial charge < -0.3 is 10.1 Å². The van der Waals surface area contributed by atoms with E-state index >= 15 is 0 Å². The monoisotopic (exact) mass is 356 g/mol. The predicted octanol–water partition coefficient (Wildman–Crippen LogP) is 3.38. The van der Waals surface area contributed by atoms with E-state index in [-0.39, 0.29) is 17.8 Å². The minimum absolute atomic E-state index is 0.0688. The van der Waals surface area contributed by atoms with Gasteiger partial charge >= 0.3 is 0 Å². The number of hydrogen-bond donors (Lipinski definition) is 1. The highest BCUT2D eigenvalue weighted by atomic mass is 19.1. The Bertz CT molecular complexity index is 691. The predicted molar refractivity (Wildman–Crippen MR) is 99.4 cm³/mol. The van der Waals surface area contributed by atoms with E-state index in [1.54, 1.807) is 12.1 Å². The summed E-state index contributed by atoms with van der Waals surface area (Å²) in [5.41, 5.74) is 1.30. The van der Waals surface area contributed by atoms with Crippen LogP contribution in [0.1, 0.15) is 24.8 Å². The lowest BCUT2D eigenvalue weighted by atomic mass is 10.2. The first kappa shape index (κ1) is 18.4. The van der Waals surface area contributed by atoms with Crippen LogP contribution in [-0.2, 0) is 11.3 Å². The standard InChI is InChI=1S/C21H25FN2O2/c22-18-8-10-20(11-9-18)26-14-4-7-21(25)23-19-12-13-24(16-19)15-17-5-2-1-3-6-17/h1-3,5-6,8-11,19H,4,7,12-16H2,(H,23,25). The molecule has 26 heavy (non-hydrogen) atoms. The zero-order chi connectivity index (χ0) is 18.2. The molecule has 1 fully saturated rings. The van der Waals surface area contributed by atoms with E-state index in [0.29, 0.717) is 25.2 Å². The average molecular weight is 356 g/mol. The molecule has 0 radical (unpaired) electrons. The number of halogens is 1. The van der Waals surface area contributed by atoms with Gasteiger partial charge in [0.25, 0.3) is 0 Å². The van der Waals surface area contributed by atoms with E-state index in [2.05, 4.69) is 34.5 Å². The van der Waals surface area contributed by atoms with Crippen LogP contribution in [0.15, 0.2) is 54.6 Å². The molecule has 138 valence electrons. The van der Waals surface area contributed by atoms with Gasteiger partial charge in [0.15, 0.2) is 0 Å². The molecule has 1 aliphatic rings. The average Bonchev–Trinajstić information content (AvgIpc) is 3.08. The Morgan fingerprint density at radius 2 is 1.92 bits per heavy atom. The smallest absolute Gasteiger partial charge is 0.220 e. The van der Waals surface area contributed by atoms with Crippen LogP contribution in [-0.4, -0.2) is 36.5 Å². The molecule has 0 saturated carbocycles. The van der Waals surface area contributed by atoms with Crippen molar-refractivity contribution in [2.24, 2.45) is 0 Å². The van der Waals surface area contributed by atoms with Crippen molar-refractivity contribution in [3.63, 3.8) is 0 Å². The van der Waals surface area contributed by atoms with Gasteiger partial charge in [0.05, 0.1) is 6.61 Å². The second kappa shape index (κ2) is 9.34. The van der Waals surface area contributed by atoms with E-state index in [9.17, 15) is 9.18 Å². The van der Waals surface area contributed by atoms with Gasteiger partial charge in [0, 0.05) is 32.1 Å². The SMILES string of the molecule is O=C(CCCOc1ccc(F)cc1)NC1CCN(Cc2ccccc2)C1. The minimum Gasteiger partial charge on any atom is -0.494 e. The molecule has 1 N–H and O–H groups in total. The molecule has 1 heterocycles. The summed E-state index contributed by atoms with van der Waals surface area (Å²) in [6.45, 7) is 3.28. The van der Waals surface area contributed by atoms with Gasteiger partial charge in [-0.3, -0.25) is 9.69 Å². The first-order chi connectivity index (χ1) is 12.7. The number of rotatable bonds is 8. The Morgan fingerprint density at radius 3 is 2.69 bits per heavy atom. The summed E-state index contributed by atoms with van der Waals surface area (Å²) in [5.74, 6) is 0.410. The second-order valence-corrected chi connectivity index (χ2v) is 6.68. The topological polar surface area (TPSA) is 41.6 Å². The van der Waals surface area contributed by atoms with Gasteiger partial charge in [0.2, 0.25) is 5.91 Å². The summed E-state index contributed by atoms with van der Waals surface area (Å²) in [7, 11) is 0. The van der Waals surface area contributed by atoms with E-state index in [1.165, 1.54) is 17.7 Å². The third-order valence-corrected chi connectivity index (χ3v) is 4.52. The fourth-order valence-electron chi connectivity index (χ4n) is 3.19. The summed E-state index contributed by atoms with van der Waals surface area (Å²) < 4.78 is 18.3. The molecule has 1 saturated heterocycles. The number of likely N-dealkylation sites (tertiary alicyclic amines) is 1. The third-order valence-electron chi connectivity index (χ3n) is 4.52. The Hall–Kier alpha value is -2.40. The van der Waals surface area contributed by atoms with Crippen molar-refractivity contribution in [2.75, 3.05) is 19.7 Å². The highest BCUT2D eigenvalue weighted by Gasteiger charge is 2.23. The zero-order valence-corrected chi connectivity index (χ0v) is 14.9. The van der Waals surface area contributed by atoms with Crippen molar-refractivity contribution >= 4 is 5.91 Å². The molecule has 1 aliphatic heterocycles. The molecule has 1 atom stereocenters. The van der Waals surface area contributed by atoms with Crippen molar-refractivity contribution in [1.82, 2.24) is 10.2 Å². The molecule has 0 spiro atoms. The zero-order valence-electron chi connectivity index (χ0n) is 14.9. The van der Waals surface area contributed by atoms with Gasteiger partial charge in [-0.05, 0) is 42.7 Å². The fourth-order valence-corrected chi connectivity index (χ4v) is 3.19. The normalized spacial score (nSPS) is 17.2. The molecular formula is C21H25FN2O2. The van der Waals surface area contributed by atoms with Crippen LogP contribution in [0.2, 0.25) is 0 Å². The van der Waals surface area contributed by atoms with Crippen molar-refractivity contribution in [2.45, 2.75) is 31.8 Å². The van der Waals surface area contributed by atoms with Gasteiger partial charge in [-0.1, -0.05) is 30.3 Å². The number of carbonyl (C=O) groups is 1. The Labute approximate surface area is 154 Å². The summed E-state index contributed by atoms with van der Waals surface area (Å²) in [4.78, 5) is 14.5. The summed E-state index contributed by atoms with van der Waals surface area (Å²) in [6, 6.07) is 16.5. The molecule has 0 aromatic heterocycles. The van der Waals surface area contributed by atoms with Crippen molar-refractivity contribution < 1.29 is 13.9 Å². The molecule has 0 aliphatic carbocycles. The van der Waals surface area contributed by atoms with Crippen LogP contribution in [0.3, 0.4) is 0 Å². The molecule has 1 amide bonds. The van der Waals surface area contributed by atoms with Crippen LogP contribution < -0.4 is 10.1 Å². The Kier molecular flexibility index (Phi) is 6.61. The number of hydrogen-bond acceptors (Lipinski definition) is 3. The Morgan fingerprint density at radius 1 is 1.15 bits per heavy atom. The molecular weight excluding hydrogens is 331 g/mol. The van der Waals surface area contributed by atoms with Gasteiger partial charge in [-0.2, -0.15) is 0 Å². The minimum atomic E-state index is -0.283. The third kappa shape index (κ3) is 5.85. The summed E-state index contributed by atoms with van der Waals surface area (Å²) in [5, 5.41) is 3.12. The summed E-state index contributed by atoms with van der Waals surface area (Å²) in [6.07, 6.45) is 2.07. The van der Waals surface area contributed by atoms with Crippen molar-refractivity contribution in [3.05, 3.63) is 66.0 Å². The van der Waals surface area contributed by atoms with Crippen LogP contribution >= 0.6 is 0 Å². The number of amides is 1. The molecule has 3 rings (SSSR count). The van der Waals surface area contributed by atoms with Gasteiger partial charge in [-0.15, -0.1) is 0 Å². The van der Waals surface area contributed by atoms with Crippen LogP contribution in [0.5, 0.6) is 5.75 Å². The number of nitrogens with zero attached hydrogens (tertiary/aromatic N) is 1. The van der Waals surface area contributed by atoms with Gasteiger partial charge in [-0.25, -0.2) is 4.39 Å². The number of benzene rings is 2. The highest BCUT2D eigenvalue weighted by Crippen LogP contribution is 2.14. The lowest BCUT2D eigenvalue weighted by Gasteiger charge is -2.17. The van der Waals surface area contributed by atoms with E-state index in [4.69, 9.17) is 4.74 Å². The first-order valence-electron chi connectivity index (χ1n) is 9.13. The number of ether oxygens (including phenoxy) is 1. The lowest BCUT2D eigenvalue weighted by Crippen LogP contribution is -2.37. The molecule has 2 aromatic rings. The van der Waals surface area contributed by atoms with E-state index in [0.717, 1.165) is 26.1 Å². The molecule has 5 heteroatoms. The summed E-state index contributed by atoms with van der Waals surface area (Å²) >= 11 is 0. The molecule has 4 nitrogen and oxygen atoms in total. The molecule has 2 aromatic carbocycles. The number of nitrogens with one attached hydrogen (secondary N) is 1. The maximum absolute atomic E-state index is 12.8. The van der Waals surface area contributed by atoms with E-state index < -0.39 is 0 Å². The van der Waals surface area contributed by atoms with Crippen LogP contribution in [0.25, 0.3) is 0 Å². The number of carbonyl (C=O) groups excluding carboxylic acids is 1. The Balaban J connectivity index is 1.30. The van der Waals surface area contributed by atoms with Crippen molar-refractivity contribution in [1.29, 1.82) is 0 Å². The second-order valence-electron chi connectivity index (χ2n) is 6.68. The maximum Gasteiger partial charge on any atom is 0.220 e. The van der Waals surface area contributed by atoms with Gasteiger partial charge in [0.1, 0.15) is 11.6 Å². The molecule has 0 bridgehead atoms. The quantitative estimate of drug-likeness (QED) is 0.738. The van der Waals surface area contributed by atoms with E-state index in [1.807, 2.05) is 6.07 Å². The van der Waals surface area contributed by atoms with Crippen LogP contribution in [0.4, 0.5) is 4.39 Å². The highest BCUT2D eigenvalue weighted by molar-refractivity contribution is 5.76. The van der Waals surface area contributed by atoms with Crippen molar-refractivity contribution in [3.8, 4) is 5.75 Å².